The van der Waals surface area contributed by atoms with Crippen molar-refractivity contribution in [3.8, 4) is 0 Å². The van der Waals surface area contributed by atoms with Crippen molar-refractivity contribution in [1.29, 1.82) is 0 Å². The van der Waals surface area contributed by atoms with Crippen molar-refractivity contribution in [3.63, 3.8) is 0 Å². The predicted molar refractivity (Wildman–Crippen MR) is 90.3 cm³/mol. The number of H-pyrrole nitrogens is 1. The maximum atomic E-state index is 4.52. The molecule has 0 aliphatic heterocycles. The lowest BCUT2D eigenvalue weighted by Crippen LogP contribution is -2.07. The molecular weight excluding hydrogens is 258 g/mol. The molecule has 114 valence electrons. The van der Waals surface area contributed by atoms with Crippen LogP contribution in [-0.2, 0) is 0 Å². The standard InChI is InChI=1S/C18H27N3/c1-5-19-15-21-17(10-12-18(2,3)4)16-9-7-6-8-13-20-14-11-16/h6-9,11,13-14,17,20H,5,10,12H2,1-4H3. The first kappa shape index (κ1) is 17.2. The smallest absolute Gasteiger partial charge is 0.0898 e. The third-order valence-electron chi connectivity index (χ3n) is 3.07. The summed E-state index contributed by atoms with van der Waals surface area (Å²) in [5, 5.41) is 0. The molecule has 0 amide bonds. The number of nitrogens with one attached hydrogen (secondary N) is 1. The molecule has 0 aliphatic rings. The molecule has 1 aromatic rings. The van der Waals surface area contributed by atoms with Crippen LogP contribution in [0.4, 0.5) is 0 Å². The second-order valence-corrected chi connectivity index (χ2v) is 6.23. The van der Waals surface area contributed by atoms with Gasteiger partial charge in [-0.2, -0.15) is 0 Å². The van der Waals surface area contributed by atoms with Gasteiger partial charge < -0.3 is 4.98 Å². The third-order valence-corrected chi connectivity index (χ3v) is 3.07. The van der Waals surface area contributed by atoms with Gasteiger partial charge in [0, 0.05) is 18.9 Å². The van der Waals surface area contributed by atoms with E-state index in [1.54, 1.807) is 0 Å². The van der Waals surface area contributed by atoms with Gasteiger partial charge in [-0.25, -0.2) is 9.98 Å². The maximum Gasteiger partial charge on any atom is 0.0898 e. The highest BCUT2D eigenvalue weighted by Gasteiger charge is 2.15. The van der Waals surface area contributed by atoms with Crippen LogP contribution >= 0.6 is 0 Å². The SMILES string of the molecule is CCN=C=NC(CCC(C)(C)C)c1ccccc[nH]cc1. The van der Waals surface area contributed by atoms with E-state index in [1.807, 2.05) is 37.5 Å². The average molecular weight is 285 g/mol. The van der Waals surface area contributed by atoms with E-state index in [4.69, 9.17) is 0 Å². The van der Waals surface area contributed by atoms with Crippen molar-refractivity contribution in [2.45, 2.75) is 46.6 Å². The molecule has 3 nitrogen and oxygen atoms in total. The lowest BCUT2D eigenvalue weighted by atomic mass is 9.87. The van der Waals surface area contributed by atoms with Crippen LogP contribution in [0.5, 0.6) is 0 Å². The Kier molecular flexibility index (Phi) is 7.49. The number of aromatic nitrogens is 1. The number of nitrogens with zero attached hydrogens (tertiary/aromatic N) is 2. The lowest BCUT2D eigenvalue weighted by Gasteiger charge is -2.20. The first-order valence-electron chi connectivity index (χ1n) is 7.60. The molecule has 0 saturated carbocycles. The Balaban J connectivity index is 3.05. The zero-order chi connectivity index (χ0) is 15.6. The van der Waals surface area contributed by atoms with Crippen LogP contribution in [0.15, 0.2) is 52.7 Å². The van der Waals surface area contributed by atoms with Gasteiger partial charge in [0.2, 0.25) is 0 Å². The van der Waals surface area contributed by atoms with Crippen LogP contribution < -0.4 is 0 Å². The topological polar surface area (TPSA) is 40.5 Å². The number of aliphatic imine (C=N–C) groups is 2. The van der Waals surface area contributed by atoms with Crippen LogP contribution in [0, 0.1) is 5.41 Å². The molecule has 0 aliphatic carbocycles. The molecule has 21 heavy (non-hydrogen) atoms. The van der Waals surface area contributed by atoms with Crippen molar-refractivity contribution < 1.29 is 0 Å². The third kappa shape index (κ3) is 8.11. The highest BCUT2D eigenvalue weighted by molar-refractivity contribution is 5.42. The van der Waals surface area contributed by atoms with Crippen LogP contribution in [0.3, 0.4) is 0 Å². The Hall–Kier alpha value is -1.86. The first-order chi connectivity index (χ1) is 10.0. The fraction of sp³-hybridized carbons (Fsp3) is 0.500. The Morgan fingerprint density at radius 3 is 2.67 bits per heavy atom. The van der Waals surface area contributed by atoms with E-state index in [2.05, 4.69) is 53.9 Å². The van der Waals surface area contributed by atoms with Crippen LogP contribution in [0.2, 0.25) is 0 Å². The van der Waals surface area contributed by atoms with Crippen molar-refractivity contribution in [2.75, 3.05) is 6.54 Å². The van der Waals surface area contributed by atoms with Crippen molar-refractivity contribution >= 4 is 6.01 Å². The molecule has 0 saturated heterocycles. The quantitative estimate of drug-likeness (QED) is 0.722. The van der Waals surface area contributed by atoms with Gasteiger partial charge in [-0.05, 0) is 42.9 Å². The largest absolute Gasteiger partial charge is 0.368 e. The average Bonchev–Trinajstić information content (AvgIpc) is 2.55. The predicted octanol–water partition coefficient (Wildman–Crippen LogP) is 5.20. The Labute approximate surface area is 128 Å². The molecule has 1 heterocycles. The Morgan fingerprint density at radius 2 is 1.95 bits per heavy atom. The molecule has 0 fully saturated rings. The Bertz CT molecular complexity index is 491. The van der Waals surface area contributed by atoms with Gasteiger partial charge >= 0.3 is 0 Å². The van der Waals surface area contributed by atoms with Crippen LogP contribution in [0.25, 0.3) is 0 Å². The minimum absolute atomic E-state index is 0.0975. The molecule has 1 atom stereocenters. The molecule has 1 rings (SSSR count). The Morgan fingerprint density at radius 1 is 1.14 bits per heavy atom. The highest BCUT2D eigenvalue weighted by atomic mass is 14.8. The van der Waals surface area contributed by atoms with Gasteiger partial charge in [0.1, 0.15) is 0 Å². The molecule has 0 spiro atoms. The lowest BCUT2D eigenvalue weighted by molar-refractivity contribution is 0.350. The van der Waals surface area contributed by atoms with Crippen LogP contribution in [0.1, 0.15) is 52.1 Å². The summed E-state index contributed by atoms with van der Waals surface area (Å²) >= 11 is 0. The van der Waals surface area contributed by atoms with E-state index in [9.17, 15) is 0 Å². The summed E-state index contributed by atoms with van der Waals surface area (Å²) < 4.78 is 0. The monoisotopic (exact) mass is 285 g/mol. The van der Waals surface area contributed by atoms with E-state index in [-0.39, 0.29) is 6.04 Å². The normalized spacial score (nSPS) is 12.0. The minimum Gasteiger partial charge on any atom is -0.368 e. The van der Waals surface area contributed by atoms with Crippen molar-refractivity contribution in [2.24, 2.45) is 15.4 Å². The fourth-order valence-electron chi connectivity index (χ4n) is 1.88. The van der Waals surface area contributed by atoms with E-state index in [0.29, 0.717) is 5.41 Å². The van der Waals surface area contributed by atoms with Gasteiger partial charge in [0.25, 0.3) is 0 Å². The first-order valence-corrected chi connectivity index (χ1v) is 7.60. The minimum atomic E-state index is 0.0975. The molecule has 0 aromatic carbocycles. The second kappa shape index (κ2) is 9.15. The fourth-order valence-corrected chi connectivity index (χ4v) is 1.88. The van der Waals surface area contributed by atoms with Crippen molar-refractivity contribution in [3.05, 3.63) is 48.3 Å². The van der Waals surface area contributed by atoms with Gasteiger partial charge in [-0.3, -0.25) is 0 Å². The maximum absolute atomic E-state index is 4.52. The molecule has 1 unspecified atom stereocenters. The number of hydrogen-bond acceptors (Lipinski definition) is 2. The number of hydrogen-bond donors (Lipinski definition) is 1. The summed E-state index contributed by atoms with van der Waals surface area (Å²) in [6.45, 7) is 9.48. The summed E-state index contributed by atoms with van der Waals surface area (Å²) in [4.78, 5) is 11.7. The summed E-state index contributed by atoms with van der Waals surface area (Å²) in [6.07, 6.45) is 5.93. The van der Waals surface area contributed by atoms with Gasteiger partial charge in [-0.15, -0.1) is 0 Å². The van der Waals surface area contributed by atoms with Gasteiger partial charge in [0.05, 0.1) is 12.1 Å². The molecule has 1 N–H and O–H groups in total. The molecule has 3 heteroatoms. The summed E-state index contributed by atoms with van der Waals surface area (Å²) in [5.41, 5.74) is 1.47. The van der Waals surface area contributed by atoms with Gasteiger partial charge in [0.15, 0.2) is 0 Å². The molecular formula is C18H27N3. The van der Waals surface area contributed by atoms with Crippen LogP contribution in [-0.4, -0.2) is 17.5 Å². The summed E-state index contributed by atoms with van der Waals surface area (Å²) in [5.74, 6) is 0. The van der Waals surface area contributed by atoms with E-state index in [1.165, 1.54) is 5.56 Å². The van der Waals surface area contributed by atoms with E-state index in [0.717, 1.165) is 19.4 Å². The van der Waals surface area contributed by atoms with E-state index < -0.39 is 0 Å². The second-order valence-electron chi connectivity index (χ2n) is 6.23. The zero-order valence-electron chi connectivity index (χ0n) is 13.6. The van der Waals surface area contributed by atoms with E-state index >= 15 is 0 Å². The number of rotatable bonds is 5. The molecule has 0 bridgehead atoms. The summed E-state index contributed by atoms with van der Waals surface area (Å²) in [6, 6.07) is 13.1. The summed E-state index contributed by atoms with van der Waals surface area (Å²) in [7, 11) is 0. The zero-order valence-corrected chi connectivity index (χ0v) is 13.6. The molecule has 0 radical (unpaired) electrons. The number of aromatic amines is 1. The molecule has 1 aromatic heterocycles. The van der Waals surface area contributed by atoms with Crippen molar-refractivity contribution in [1.82, 2.24) is 4.98 Å². The highest BCUT2D eigenvalue weighted by Crippen LogP contribution is 2.29. The van der Waals surface area contributed by atoms with Gasteiger partial charge in [-0.1, -0.05) is 39.0 Å².